The zero-order valence-corrected chi connectivity index (χ0v) is 17.1. The van der Waals surface area contributed by atoms with Crippen LogP contribution in [-0.4, -0.2) is 12.1 Å². The van der Waals surface area contributed by atoms with Crippen molar-refractivity contribution >= 4 is 5.97 Å². The highest BCUT2D eigenvalue weighted by Crippen LogP contribution is 2.95. The fraction of sp³-hybridized carbons (Fsp3) is 0.958. The quantitative estimate of drug-likeness (QED) is 0.572. The molecule has 2 nitrogen and oxygen atoms in total. The van der Waals surface area contributed by atoms with Gasteiger partial charge in [0.25, 0.3) is 0 Å². The lowest BCUT2D eigenvalue weighted by Crippen LogP contribution is -2.50. The van der Waals surface area contributed by atoms with E-state index in [2.05, 4.69) is 6.92 Å². The van der Waals surface area contributed by atoms with Gasteiger partial charge >= 0.3 is 5.97 Å². The maximum Gasteiger partial charge on any atom is 0.311 e. The summed E-state index contributed by atoms with van der Waals surface area (Å²) in [6.45, 7) is 8.43. The Morgan fingerprint density at radius 1 is 1.00 bits per heavy atom. The van der Waals surface area contributed by atoms with Crippen molar-refractivity contribution in [2.75, 3.05) is 0 Å². The predicted molar refractivity (Wildman–Crippen MR) is 101 cm³/mol. The van der Waals surface area contributed by atoms with Gasteiger partial charge in [0.2, 0.25) is 0 Å². The molecule has 0 aromatic rings. The fourth-order valence-corrected chi connectivity index (χ4v) is 9.41. The Labute approximate surface area is 158 Å². The largest absolute Gasteiger partial charge is 0.461 e. The summed E-state index contributed by atoms with van der Waals surface area (Å²) in [5.41, 5.74) is 1.51. The molecular weight excluding hydrogens is 320 g/mol. The predicted octanol–water partition coefficient (Wildman–Crippen LogP) is 5.60. The molecule has 4 unspecified atom stereocenters. The first-order valence-electron chi connectivity index (χ1n) is 11.4. The summed E-state index contributed by atoms with van der Waals surface area (Å²) in [5, 5.41) is 0. The van der Waals surface area contributed by atoms with Crippen molar-refractivity contribution in [3.63, 3.8) is 0 Å². The van der Waals surface area contributed by atoms with Crippen LogP contribution < -0.4 is 0 Å². The molecule has 144 valence electrons. The number of hydrogen-bond acceptors (Lipinski definition) is 2. The van der Waals surface area contributed by atoms with Gasteiger partial charge in [-0.25, -0.2) is 0 Å². The number of ether oxygens (including phenoxy) is 1. The summed E-state index contributed by atoms with van der Waals surface area (Å²) in [4.78, 5) is 12.6. The van der Waals surface area contributed by atoms with Gasteiger partial charge in [-0.3, -0.25) is 4.79 Å². The van der Waals surface area contributed by atoms with Gasteiger partial charge in [-0.1, -0.05) is 6.92 Å². The van der Waals surface area contributed by atoms with E-state index in [1.54, 1.807) is 19.3 Å². The lowest BCUT2D eigenvalue weighted by Gasteiger charge is -2.55. The monoisotopic (exact) mass is 356 g/mol. The van der Waals surface area contributed by atoms with Gasteiger partial charge in [0.15, 0.2) is 0 Å². The van der Waals surface area contributed by atoms with Crippen LogP contribution in [0.1, 0.15) is 85.5 Å². The molecule has 0 amide bonds. The Morgan fingerprint density at radius 3 is 2.54 bits per heavy atom. The molecule has 9 atom stereocenters. The maximum atomic E-state index is 12.6. The second-order valence-corrected chi connectivity index (χ2v) is 12.4. The number of esters is 1. The van der Waals surface area contributed by atoms with Gasteiger partial charge in [0, 0.05) is 5.41 Å². The van der Waals surface area contributed by atoms with Crippen LogP contribution in [0.4, 0.5) is 0 Å². The second-order valence-electron chi connectivity index (χ2n) is 12.4. The third kappa shape index (κ3) is 1.70. The molecule has 6 rings (SSSR count). The Morgan fingerprint density at radius 2 is 1.81 bits per heavy atom. The minimum atomic E-state index is -0.381. The molecule has 6 aliphatic rings. The van der Waals surface area contributed by atoms with Crippen LogP contribution in [0.3, 0.4) is 0 Å². The third-order valence-corrected chi connectivity index (χ3v) is 10.7. The molecule has 26 heavy (non-hydrogen) atoms. The summed E-state index contributed by atoms with van der Waals surface area (Å²) in [7, 11) is 0. The smallest absolute Gasteiger partial charge is 0.311 e. The van der Waals surface area contributed by atoms with Gasteiger partial charge in [-0.05, 0) is 119 Å². The third-order valence-electron chi connectivity index (χ3n) is 10.7. The molecule has 0 saturated heterocycles. The lowest BCUT2D eigenvalue weighted by molar-refractivity contribution is -0.169. The first-order valence-corrected chi connectivity index (χ1v) is 11.4. The van der Waals surface area contributed by atoms with Crippen molar-refractivity contribution in [2.24, 2.45) is 51.2 Å². The number of carbonyl (C=O) groups excluding carboxylic acids is 1. The molecule has 2 heteroatoms. The van der Waals surface area contributed by atoms with Crippen LogP contribution in [0.25, 0.3) is 0 Å². The number of fused-ring (bicyclic) bond motifs is 3. The second kappa shape index (κ2) is 4.54. The van der Waals surface area contributed by atoms with Crippen molar-refractivity contribution in [2.45, 2.75) is 91.6 Å². The van der Waals surface area contributed by atoms with Crippen LogP contribution >= 0.6 is 0 Å². The Balaban J connectivity index is 1.26. The summed E-state index contributed by atoms with van der Waals surface area (Å²) in [6.07, 6.45) is 13.1. The molecular formula is C24H36O2. The first-order chi connectivity index (χ1) is 12.2. The van der Waals surface area contributed by atoms with Gasteiger partial charge < -0.3 is 4.74 Å². The topological polar surface area (TPSA) is 26.3 Å². The van der Waals surface area contributed by atoms with E-state index in [0.29, 0.717) is 0 Å². The van der Waals surface area contributed by atoms with E-state index in [4.69, 9.17) is 4.74 Å². The first kappa shape index (κ1) is 16.4. The zero-order valence-electron chi connectivity index (χ0n) is 17.1. The van der Waals surface area contributed by atoms with E-state index in [1.807, 2.05) is 20.8 Å². The van der Waals surface area contributed by atoms with Crippen molar-refractivity contribution in [1.82, 2.24) is 0 Å². The highest BCUT2D eigenvalue weighted by atomic mass is 16.5. The van der Waals surface area contributed by atoms with E-state index < -0.39 is 0 Å². The number of carbonyl (C=O) groups is 1. The molecule has 0 bridgehead atoms. The highest BCUT2D eigenvalue weighted by Gasteiger charge is 2.88. The maximum absolute atomic E-state index is 12.6. The molecule has 0 aliphatic heterocycles. The fourth-order valence-electron chi connectivity index (χ4n) is 9.41. The normalized spacial score (nSPS) is 58.8. The molecule has 0 aromatic heterocycles. The van der Waals surface area contributed by atoms with E-state index in [9.17, 15) is 4.79 Å². The van der Waals surface area contributed by atoms with Crippen LogP contribution in [0.5, 0.6) is 0 Å². The summed E-state index contributed by atoms with van der Waals surface area (Å²) < 4.78 is 6.14. The molecule has 2 spiro atoms. The molecule has 6 saturated carbocycles. The zero-order chi connectivity index (χ0) is 18.1. The average Bonchev–Trinajstić information content (AvgIpc) is 3.38. The Hall–Kier alpha value is -0.530. The average molecular weight is 357 g/mol. The van der Waals surface area contributed by atoms with E-state index >= 15 is 0 Å². The SMILES string of the molecule is CC(C)(C)C(=O)OC1CC[C@H]2[C@@H]3CCC4CC5CC56C[C@@]46[C@@H]3CC[C@]12C. The van der Waals surface area contributed by atoms with E-state index in [0.717, 1.165) is 46.8 Å². The minimum absolute atomic E-state index is 0.00608. The van der Waals surface area contributed by atoms with Gasteiger partial charge in [0.05, 0.1) is 5.41 Å². The molecule has 0 heterocycles. The van der Waals surface area contributed by atoms with Crippen molar-refractivity contribution < 1.29 is 9.53 Å². The van der Waals surface area contributed by atoms with Gasteiger partial charge in [-0.15, -0.1) is 0 Å². The van der Waals surface area contributed by atoms with Crippen LogP contribution in [0, 0.1) is 51.2 Å². The minimum Gasteiger partial charge on any atom is -0.461 e. The van der Waals surface area contributed by atoms with E-state index in [1.165, 1.54) is 32.1 Å². The molecule has 6 aliphatic carbocycles. The molecule has 6 fully saturated rings. The standard InChI is InChI=1S/C24H36O2/c1-21(2,3)20(25)26-19-8-7-17-16-6-5-14-11-15-12-23(15)13-24(14,23)18(16)9-10-22(17,19)4/h14-19H,5-13H2,1-4H3/t14?,15?,16-,17-,18+,19?,22-,23?,24-/m0/s1. The molecule has 0 radical (unpaired) electrons. The Kier molecular flexibility index (Phi) is 2.87. The van der Waals surface area contributed by atoms with Crippen LogP contribution in [0.15, 0.2) is 0 Å². The van der Waals surface area contributed by atoms with Crippen molar-refractivity contribution in [3.8, 4) is 0 Å². The number of hydrogen-bond donors (Lipinski definition) is 0. The summed E-state index contributed by atoms with van der Waals surface area (Å²) in [5.74, 6) is 4.98. The van der Waals surface area contributed by atoms with Crippen LogP contribution in [0.2, 0.25) is 0 Å². The van der Waals surface area contributed by atoms with Crippen LogP contribution in [-0.2, 0) is 9.53 Å². The van der Waals surface area contributed by atoms with Gasteiger partial charge in [-0.2, -0.15) is 0 Å². The summed E-state index contributed by atoms with van der Waals surface area (Å²) in [6, 6.07) is 0. The molecule has 0 N–H and O–H groups in total. The van der Waals surface area contributed by atoms with Gasteiger partial charge in [0.1, 0.15) is 6.10 Å². The highest BCUT2D eigenvalue weighted by molar-refractivity contribution is 5.75. The van der Waals surface area contributed by atoms with Crippen molar-refractivity contribution in [3.05, 3.63) is 0 Å². The van der Waals surface area contributed by atoms with Crippen molar-refractivity contribution in [1.29, 1.82) is 0 Å². The molecule has 0 aromatic carbocycles. The lowest BCUT2D eigenvalue weighted by atomic mass is 9.50. The Bertz CT molecular complexity index is 676. The van der Waals surface area contributed by atoms with E-state index in [-0.39, 0.29) is 22.9 Å². The summed E-state index contributed by atoms with van der Waals surface area (Å²) >= 11 is 0. The number of rotatable bonds is 1.